The van der Waals surface area contributed by atoms with Gasteiger partial charge in [-0.15, -0.1) is 0 Å². The van der Waals surface area contributed by atoms with E-state index in [1.54, 1.807) is 16.4 Å². The lowest BCUT2D eigenvalue weighted by Crippen LogP contribution is -2.43. The average molecular weight is 831 g/mol. The number of morpholine rings is 1. The molecule has 0 radical (unpaired) electrons. The van der Waals surface area contributed by atoms with E-state index in [9.17, 15) is 13.2 Å². The van der Waals surface area contributed by atoms with Crippen LogP contribution >= 0.6 is 0 Å². The minimum atomic E-state index is -3.88. The molecule has 0 aliphatic carbocycles. The highest BCUT2D eigenvalue weighted by Crippen LogP contribution is 2.27. The molecule has 0 spiro atoms. The van der Waals surface area contributed by atoms with E-state index < -0.39 is 10.0 Å². The van der Waals surface area contributed by atoms with Crippen LogP contribution in [0.25, 0.3) is 10.8 Å². The van der Waals surface area contributed by atoms with Crippen molar-refractivity contribution < 1.29 is 17.9 Å². The molecule has 1 aliphatic rings. The standard InChI is InChI=1S/C51H66N4O4S/c1-39(2)33-46(34-40(3)4)35-42-19-21-45(22-20-42)38-55(37-43-13-7-6-8-14-43)60(57,58)48-25-23-44(24-26-48)36-54(28-12-27-53-29-31-59-32-30-53)51(56)52-41(5)49-18-11-16-47-15-9-10-17-50(47)49/h6-11,13-26,39-41,46H,12,27-38H2,1-5H3,(H,52,56)/t41-/m0/s1. The molecular formula is C51H66N4O4S. The number of hydrogen-bond donors (Lipinski definition) is 1. The van der Waals surface area contributed by atoms with E-state index in [0.717, 1.165) is 78.7 Å². The Balaban J connectivity index is 1.18. The topological polar surface area (TPSA) is 82.2 Å². The number of carbonyl (C=O) groups excluding carboxylic acids is 1. The fourth-order valence-corrected chi connectivity index (χ4v) is 10.0. The molecule has 1 atom stereocenters. The molecule has 9 heteroatoms. The van der Waals surface area contributed by atoms with Crippen molar-refractivity contribution in [3.63, 3.8) is 0 Å². The molecule has 0 saturated carbocycles. The predicted molar refractivity (Wildman–Crippen MR) is 245 cm³/mol. The predicted octanol–water partition coefficient (Wildman–Crippen LogP) is 10.5. The molecule has 1 saturated heterocycles. The maximum atomic E-state index is 14.5. The van der Waals surface area contributed by atoms with E-state index >= 15 is 0 Å². The van der Waals surface area contributed by atoms with Gasteiger partial charge in [0, 0.05) is 45.8 Å². The average Bonchev–Trinajstić information content (AvgIpc) is 3.24. The third kappa shape index (κ3) is 13.0. The minimum Gasteiger partial charge on any atom is -0.379 e. The quantitative estimate of drug-likeness (QED) is 0.0845. The number of nitrogens with zero attached hydrogens (tertiary/aromatic N) is 3. The van der Waals surface area contributed by atoms with E-state index in [1.807, 2.05) is 72.5 Å². The SMILES string of the molecule is CC(C)CC(Cc1ccc(CN(Cc2ccccc2)S(=O)(=O)c2ccc(CN(CCCN3CCOCC3)C(=O)N[C@@H](C)c3cccc4ccccc34)cc2)cc1)CC(C)C. The summed E-state index contributed by atoms with van der Waals surface area (Å²) in [5.74, 6) is 1.93. The van der Waals surface area contributed by atoms with E-state index in [-0.39, 0.29) is 30.1 Å². The summed E-state index contributed by atoms with van der Waals surface area (Å²) in [5, 5.41) is 5.53. The molecular weight excluding hydrogens is 765 g/mol. The molecule has 6 rings (SSSR count). The molecule has 1 fully saturated rings. The molecule has 2 amide bonds. The van der Waals surface area contributed by atoms with Crippen LogP contribution in [-0.2, 0) is 40.8 Å². The Kier molecular flexibility index (Phi) is 16.4. The smallest absolute Gasteiger partial charge is 0.318 e. The van der Waals surface area contributed by atoms with E-state index in [0.29, 0.717) is 30.8 Å². The van der Waals surface area contributed by atoms with Crippen LogP contribution in [-0.4, -0.2) is 67.9 Å². The van der Waals surface area contributed by atoms with E-state index in [4.69, 9.17) is 4.74 Å². The number of sulfonamides is 1. The number of hydrogen-bond acceptors (Lipinski definition) is 5. The summed E-state index contributed by atoms with van der Waals surface area (Å²) in [6, 6.07) is 39.5. The Morgan fingerprint density at radius 2 is 1.25 bits per heavy atom. The van der Waals surface area contributed by atoms with Gasteiger partial charge in [-0.2, -0.15) is 4.31 Å². The second-order valence-electron chi connectivity index (χ2n) is 17.5. The number of nitrogens with one attached hydrogen (secondary N) is 1. The van der Waals surface area contributed by atoms with Gasteiger partial charge >= 0.3 is 6.03 Å². The Morgan fingerprint density at radius 3 is 1.92 bits per heavy atom. The van der Waals surface area contributed by atoms with Crippen molar-refractivity contribution in [3.8, 4) is 0 Å². The first-order valence-corrected chi connectivity index (χ1v) is 23.4. The maximum absolute atomic E-state index is 14.5. The number of urea groups is 1. The van der Waals surface area contributed by atoms with Crippen LogP contribution in [0.4, 0.5) is 4.79 Å². The first kappa shape index (κ1) is 45.0. The number of benzene rings is 5. The van der Waals surface area contributed by atoms with Crippen LogP contribution in [0.5, 0.6) is 0 Å². The van der Waals surface area contributed by atoms with Crippen molar-refractivity contribution in [2.24, 2.45) is 17.8 Å². The van der Waals surface area contributed by atoms with Gasteiger partial charge in [0.1, 0.15) is 0 Å². The normalized spacial score (nSPS) is 14.3. The van der Waals surface area contributed by atoms with Crippen LogP contribution in [0.3, 0.4) is 0 Å². The van der Waals surface area contributed by atoms with Gasteiger partial charge in [-0.1, -0.05) is 137 Å². The highest BCUT2D eigenvalue weighted by Gasteiger charge is 2.26. The Labute approximate surface area is 360 Å². The number of carbonyl (C=O) groups is 1. The zero-order valence-corrected chi connectivity index (χ0v) is 37.2. The Bertz CT molecular complexity index is 2170. The van der Waals surface area contributed by atoms with Crippen molar-refractivity contribution >= 4 is 26.8 Å². The van der Waals surface area contributed by atoms with Crippen molar-refractivity contribution in [1.29, 1.82) is 0 Å². The highest BCUT2D eigenvalue weighted by molar-refractivity contribution is 7.89. The van der Waals surface area contributed by atoms with Crippen LogP contribution < -0.4 is 5.32 Å². The Morgan fingerprint density at radius 1 is 0.683 bits per heavy atom. The molecule has 5 aromatic carbocycles. The summed E-state index contributed by atoms with van der Waals surface area (Å²) >= 11 is 0. The number of amides is 2. The summed E-state index contributed by atoms with van der Waals surface area (Å²) in [5.41, 5.74) is 5.11. The summed E-state index contributed by atoms with van der Waals surface area (Å²) in [4.78, 5) is 18.5. The van der Waals surface area contributed by atoms with Gasteiger partial charge in [0.15, 0.2) is 0 Å². The monoisotopic (exact) mass is 830 g/mol. The summed E-state index contributed by atoms with van der Waals surface area (Å²) in [6.07, 6.45) is 4.25. The van der Waals surface area contributed by atoms with Crippen LogP contribution in [0.2, 0.25) is 0 Å². The largest absolute Gasteiger partial charge is 0.379 e. The van der Waals surface area contributed by atoms with E-state index in [2.05, 4.69) is 86.4 Å². The molecule has 320 valence electrons. The van der Waals surface area contributed by atoms with Gasteiger partial charge in [0.2, 0.25) is 10.0 Å². The first-order valence-electron chi connectivity index (χ1n) is 22.0. The maximum Gasteiger partial charge on any atom is 0.318 e. The van der Waals surface area contributed by atoms with Crippen molar-refractivity contribution in [1.82, 2.24) is 19.4 Å². The molecule has 0 bridgehead atoms. The third-order valence-corrected chi connectivity index (χ3v) is 13.4. The number of fused-ring (bicyclic) bond motifs is 1. The summed E-state index contributed by atoms with van der Waals surface area (Å²) < 4.78 is 36.1. The summed E-state index contributed by atoms with van der Waals surface area (Å²) in [6.45, 7) is 16.8. The highest BCUT2D eigenvalue weighted by atomic mass is 32.2. The van der Waals surface area contributed by atoms with Crippen molar-refractivity contribution in [2.45, 2.75) is 90.9 Å². The molecule has 60 heavy (non-hydrogen) atoms. The second kappa shape index (κ2) is 21.8. The minimum absolute atomic E-state index is 0.149. The lowest BCUT2D eigenvalue weighted by Gasteiger charge is -2.29. The van der Waals surface area contributed by atoms with Crippen molar-refractivity contribution in [2.75, 3.05) is 39.4 Å². The lowest BCUT2D eigenvalue weighted by molar-refractivity contribution is 0.0364. The molecule has 1 aliphatic heterocycles. The van der Waals surface area contributed by atoms with Gasteiger partial charge in [-0.3, -0.25) is 4.90 Å². The van der Waals surface area contributed by atoms with Gasteiger partial charge < -0.3 is 15.0 Å². The van der Waals surface area contributed by atoms with Gasteiger partial charge in [0.25, 0.3) is 0 Å². The summed E-state index contributed by atoms with van der Waals surface area (Å²) in [7, 11) is -3.88. The third-order valence-electron chi connectivity index (χ3n) is 11.6. The van der Waals surface area contributed by atoms with Gasteiger partial charge in [-0.05, 0) is 101 Å². The van der Waals surface area contributed by atoms with Crippen LogP contribution in [0.1, 0.15) is 87.7 Å². The zero-order valence-electron chi connectivity index (χ0n) is 36.4. The molecule has 5 aromatic rings. The van der Waals surface area contributed by atoms with Crippen LogP contribution in [0, 0.1) is 17.8 Å². The molecule has 1 heterocycles. The van der Waals surface area contributed by atoms with Gasteiger partial charge in [0.05, 0.1) is 24.2 Å². The van der Waals surface area contributed by atoms with Gasteiger partial charge in [-0.25, -0.2) is 13.2 Å². The molecule has 0 unspecified atom stereocenters. The fourth-order valence-electron chi connectivity index (χ4n) is 8.61. The molecule has 8 nitrogen and oxygen atoms in total. The fraction of sp³-hybridized carbons (Fsp3) is 0.431. The number of ether oxygens (including phenoxy) is 1. The molecule has 0 aromatic heterocycles. The molecule has 1 N–H and O–H groups in total. The Hall–Kier alpha value is -4.54. The lowest BCUT2D eigenvalue weighted by atomic mass is 9.85. The van der Waals surface area contributed by atoms with E-state index in [1.165, 1.54) is 18.4 Å². The van der Waals surface area contributed by atoms with Crippen molar-refractivity contribution in [3.05, 3.63) is 149 Å². The zero-order chi connectivity index (χ0) is 42.5. The van der Waals surface area contributed by atoms with Crippen LogP contribution in [0.15, 0.2) is 126 Å². The first-order chi connectivity index (χ1) is 28.9. The second-order valence-corrected chi connectivity index (χ2v) is 19.5. The number of rotatable bonds is 20.